The van der Waals surface area contributed by atoms with Crippen LogP contribution in [0.1, 0.15) is 45.7 Å². The average Bonchev–Trinajstić information content (AvgIpc) is 2.61. The average molecular weight is 380 g/mol. The van der Waals surface area contributed by atoms with Crippen molar-refractivity contribution >= 4 is 5.91 Å². The molecule has 2 atom stereocenters. The Balaban J connectivity index is 1.66. The summed E-state index contributed by atoms with van der Waals surface area (Å²) >= 11 is 0. The van der Waals surface area contributed by atoms with Gasteiger partial charge in [0.2, 0.25) is 5.91 Å². The number of benzene rings is 1. The standard InChI is InChI=1S/C23H28N2O3/c1-15(26)24-12-16-9-19(14-24)21-10-18(11-22(27)25(21)13-16)17-5-7-20(8-6-17)28-23(2,3)4/h5-8,10-11,16,19H,9,12-14H2,1-4H3/t16-,19+/m0/s1. The van der Waals surface area contributed by atoms with Gasteiger partial charge < -0.3 is 14.2 Å². The van der Waals surface area contributed by atoms with Crippen LogP contribution in [-0.4, -0.2) is 34.1 Å². The van der Waals surface area contributed by atoms with E-state index in [9.17, 15) is 9.59 Å². The Kier molecular flexibility index (Phi) is 4.56. The lowest BCUT2D eigenvalue weighted by molar-refractivity contribution is -0.131. The fraction of sp³-hybridized carbons (Fsp3) is 0.478. The fourth-order valence-corrected chi connectivity index (χ4v) is 4.45. The number of likely N-dealkylation sites (tertiary alicyclic amines) is 1. The van der Waals surface area contributed by atoms with Gasteiger partial charge in [-0.25, -0.2) is 0 Å². The molecule has 2 aliphatic heterocycles. The van der Waals surface area contributed by atoms with Gasteiger partial charge in [0.15, 0.2) is 0 Å². The molecule has 1 fully saturated rings. The van der Waals surface area contributed by atoms with Gasteiger partial charge >= 0.3 is 0 Å². The van der Waals surface area contributed by atoms with E-state index in [-0.39, 0.29) is 23.0 Å². The molecule has 0 N–H and O–H groups in total. The molecule has 2 bridgehead atoms. The molecule has 5 heteroatoms. The number of carbonyl (C=O) groups excluding carboxylic acids is 1. The molecule has 148 valence electrons. The number of hydrogen-bond acceptors (Lipinski definition) is 3. The highest BCUT2D eigenvalue weighted by molar-refractivity contribution is 5.73. The van der Waals surface area contributed by atoms with Crippen LogP contribution in [0.15, 0.2) is 41.2 Å². The minimum absolute atomic E-state index is 0.0495. The van der Waals surface area contributed by atoms with E-state index in [4.69, 9.17) is 4.74 Å². The Morgan fingerprint density at radius 2 is 1.75 bits per heavy atom. The normalized spacial score (nSPS) is 21.2. The molecule has 0 unspecified atom stereocenters. The second kappa shape index (κ2) is 6.80. The zero-order valence-electron chi connectivity index (χ0n) is 17.1. The first-order valence-corrected chi connectivity index (χ1v) is 9.99. The molecule has 1 aromatic carbocycles. The monoisotopic (exact) mass is 380 g/mol. The summed E-state index contributed by atoms with van der Waals surface area (Å²) in [4.78, 5) is 26.6. The van der Waals surface area contributed by atoms with Crippen LogP contribution < -0.4 is 10.3 Å². The molecule has 5 nitrogen and oxygen atoms in total. The van der Waals surface area contributed by atoms with E-state index in [0.29, 0.717) is 19.0 Å². The van der Waals surface area contributed by atoms with Crippen molar-refractivity contribution in [3.05, 3.63) is 52.4 Å². The molecule has 0 saturated carbocycles. The minimum atomic E-state index is -0.244. The van der Waals surface area contributed by atoms with Crippen LogP contribution in [0.3, 0.4) is 0 Å². The number of carbonyl (C=O) groups is 1. The third-order valence-electron chi connectivity index (χ3n) is 5.61. The minimum Gasteiger partial charge on any atom is -0.488 e. The smallest absolute Gasteiger partial charge is 0.251 e. The second-order valence-corrected chi connectivity index (χ2v) is 9.08. The summed E-state index contributed by atoms with van der Waals surface area (Å²) < 4.78 is 7.81. The van der Waals surface area contributed by atoms with Crippen LogP contribution in [0.2, 0.25) is 0 Å². The summed E-state index contributed by atoms with van der Waals surface area (Å²) in [6.45, 7) is 9.86. The van der Waals surface area contributed by atoms with E-state index in [1.54, 1.807) is 13.0 Å². The molecule has 28 heavy (non-hydrogen) atoms. The molecule has 1 amide bonds. The summed E-state index contributed by atoms with van der Waals surface area (Å²) in [6, 6.07) is 11.8. The molecule has 0 aliphatic carbocycles. The van der Waals surface area contributed by atoms with Crippen molar-refractivity contribution < 1.29 is 9.53 Å². The Labute approximate surface area is 165 Å². The number of fused-ring (bicyclic) bond motifs is 4. The summed E-state index contributed by atoms with van der Waals surface area (Å²) in [6.07, 6.45) is 1.05. The number of rotatable bonds is 2. The third kappa shape index (κ3) is 3.71. The predicted octanol–water partition coefficient (Wildman–Crippen LogP) is 3.66. The van der Waals surface area contributed by atoms with Crippen LogP contribution in [-0.2, 0) is 11.3 Å². The highest BCUT2D eigenvalue weighted by Crippen LogP contribution is 2.36. The van der Waals surface area contributed by atoms with Crippen molar-refractivity contribution in [2.24, 2.45) is 5.92 Å². The molecule has 1 aromatic heterocycles. The highest BCUT2D eigenvalue weighted by Gasteiger charge is 2.35. The van der Waals surface area contributed by atoms with Gasteiger partial charge in [0.1, 0.15) is 11.4 Å². The fourth-order valence-electron chi connectivity index (χ4n) is 4.45. The van der Waals surface area contributed by atoms with Crippen LogP contribution >= 0.6 is 0 Å². The molecule has 0 spiro atoms. The van der Waals surface area contributed by atoms with E-state index in [1.807, 2.05) is 54.5 Å². The Hall–Kier alpha value is -2.56. The lowest BCUT2D eigenvalue weighted by Crippen LogP contribution is -2.48. The van der Waals surface area contributed by atoms with Gasteiger partial charge in [-0.1, -0.05) is 12.1 Å². The molecule has 2 aromatic rings. The molecular weight excluding hydrogens is 352 g/mol. The van der Waals surface area contributed by atoms with E-state index < -0.39 is 0 Å². The van der Waals surface area contributed by atoms with Gasteiger partial charge in [0, 0.05) is 44.2 Å². The largest absolute Gasteiger partial charge is 0.488 e. The van der Waals surface area contributed by atoms with Gasteiger partial charge in [0.25, 0.3) is 5.56 Å². The molecule has 0 radical (unpaired) electrons. The van der Waals surface area contributed by atoms with Gasteiger partial charge in [-0.05, 0) is 62.4 Å². The number of aromatic nitrogens is 1. The quantitative estimate of drug-likeness (QED) is 0.799. The molecule has 2 aliphatic rings. The van der Waals surface area contributed by atoms with Crippen LogP contribution in [0.5, 0.6) is 5.75 Å². The maximum absolute atomic E-state index is 12.8. The number of amides is 1. The predicted molar refractivity (Wildman–Crippen MR) is 110 cm³/mol. The topological polar surface area (TPSA) is 51.5 Å². The summed E-state index contributed by atoms with van der Waals surface area (Å²) in [7, 11) is 0. The first-order valence-electron chi connectivity index (χ1n) is 9.99. The highest BCUT2D eigenvalue weighted by atomic mass is 16.5. The Morgan fingerprint density at radius 1 is 1.04 bits per heavy atom. The number of ether oxygens (including phenoxy) is 1. The van der Waals surface area contributed by atoms with Crippen molar-refractivity contribution in [1.29, 1.82) is 0 Å². The van der Waals surface area contributed by atoms with Gasteiger partial charge in [-0.15, -0.1) is 0 Å². The zero-order chi connectivity index (χ0) is 20.1. The maximum atomic E-state index is 12.8. The number of nitrogens with zero attached hydrogens (tertiary/aromatic N) is 2. The Morgan fingerprint density at radius 3 is 2.39 bits per heavy atom. The van der Waals surface area contributed by atoms with Crippen molar-refractivity contribution in [3.8, 4) is 16.9 Å². The number of pyridine rings is 1. The molecular formula is C23H28N2O3. The molecule has 1 saturated heterocycles. The lowest BCUT2D eigenvalue weighted by atomic mass is 9.82. The zero-order valence-corrected chi connectivity index (χ0v) is 17.1. The maximum Gasteiger partial charge on any atom is 0.251 e. The molecule has 3 heterocycles. The van der Waals surface area contributed by atoms with Crippen molar-refractivity contribution in [1.82, 2.24) is 9.47 Å². The van der Waals surface area contributed by atoms with Crippen molar-refractivity contribution in [2.45, 2.75) is 52.2 Å². The Bertz CT molecular complexity index is 953. The number of hydrogen-bond donors (Lipinski definition) is 0. The first-order chi connectivity index (χ1) is 13.2. The van der Waals surface area contributed by atoms with Gasteiger partial charge in [-0.3, -0.25) is 9.59 Å². The summed E-state index contributed by atoms with van der Waals surface area (Å²) in [5.74, 6) is 1.54. The van der Waals surface area contributed by atoms with Gasteiger partial charge in [-0.2, -0.15) is 0 Å². The van der Waals surface area contributed by atoms with E-state index in [2.05, 4.69) is 6.07 Å². The lowest BCUT2D eigenvalue weighted by Gasteiger charge is -2.42. The summed E-state index contributed by atoms with van der Waals surface area (Å²) in [5.41, 5.74) is 2.79. The van der Waals surface area contributed by atoms with E-state index in [1.165, 1.54) is 0 Å². The third-order valence-corrected chi connectivity index (χ3v) is 5.61. The number of piperidine rings is 1. The summed E-state index contributed by atoms with van der Waals surface area (Å²) in [5, 5.41) is 0. The van der Waals surface area contributed by atoms with Crippen LogP contribution in [0, 0.1) is 5.92 Å². The van der Waals surface area contributed by atoms with Crippen molar-refractivity contribution in [2.75, 3.05) is 13.1 Å². The molecule has 4 rings (SSSR count). The van der Waals surface area contributed by atoms with Crippen molar-refractivity contribution in [3.63, 3.8) is 0 Å². The van der Waals surface area contributed by atoms with Gasteiger partial charge in [0.05, 0.1) is 0 Å². The van der Waals surface area contributed by atoms with E-state index in [0.717, 1.165) is 35.5 Å². The van der Waals surface area contributed by atoms with Crippen LogP contribution in [0.25, 0.3) is 11.1 Å². The second-order valence-electron chi connectivity index (χ2n) is 9.08. The van der Waals surface area contributed by atoms with E-state index >= 15 is 0 Å². The first kappa shape index (κ1) is 18.8. The van der Waals surface area contributed by atoms with Crippen LogP contribution in [0.4, 0.5) is 0 Å². The SMILES string of the molecule is CC(=O)N1C[C@@H]2C[C@H](C1)c1cc(-c3ccc(OC(C)(C)C)cc3)cc(=O)n1C2.